The van der Waals surface area contributed by atoms with Gasteiger partial charge in [-0.1, -0.05) is 48.0 Å². The number of aliphatic carboxylic acids is 1. The summed E-state index contributed by atoms with van der Waals surface area (Å²) in [6, 6.07) is 18.4. The lowest BCUT2D eigenvalue weighted by Gasteiger charge is -2.33. The van der Waals surface area contributed by atoms with E-state index in [4.69, 9.17) is 36.7 Å². The monoisotopic (exact) mass is 681 g/mol. The Morgan fingerprint density at radius 2 is 1.77 bits per heavy atom. The first kappa shape index (κ1) is 37.3. The number of nitrogens with zero attached hydrogens (tertiary/aromatic N) is 1. The lowest BCUT2D eigenvalue weighted by atomic mass is 9.88. The number of primary amides is 1. The number of ether oxygens (including phenoxy) is 2. The van der Waals surface area contributed by atoms with Gasteiger partial charge in [-0.3, -0.25) is 9.59 Å². The van der Waals surface area contributed by atoms with Gasteiger partial charge in [-0.2, -0.15) is 13.2 Å². The number of halogens is 5. The number of methoxy groups -OCH3 is 1. The summed E-state index contributed by atoms with van der Waals surface area (Å²) in [6.07, 6.45) is -3.17. The van der Waals surface area contributed by atoms with Gasteiger partial charge in [-0.25, -0.2) is 9.18 Å². The van der Waals surface area contributed by atoms with E-state index < -0.39 is 23.9 Å². The summed E-state index contributed by atoms with van der Waals surface area (Å²) in [7, 11) is 1.53. The van der Waals surface area contributed by atoms with Crippen LogP contribution >= 0.6 is 11.6 Å². The second kappa shape index (κ2) is 17.1. The summed E-state index contributed by atoms with van der Waals surface area (Å²) in [6.45, 7) is 4.04. The number of alkyl halides is 3. The largest absolute Gasteiger partial charge is 0.490 e. The van der Waals surface area contributed by atoms with E-state index in [0.717, 1.165) is 30.5 Å². The van der Waals surface area contributed by atoms with E-state index >= 15 is 4.39 Å². The maximum Gasteiger partial charge on any atom is 0.490 e. The lowest BCUT2D eigenvalue weighted by molar-refractivity contribution is -0.192. The fourth-order valence-corrected chi connectivity index (χ4v) is 5.36. The van der Waals surface area contributed by atoms with Crippen LogP contribution < -0.4 is 15.8 Å². The zero-order valence-electron chi connectivity index (χ0n) is 25.8. The number of carbonyl (C=O) groups is 3. The number of rotatable bonds is 11. The molecule has 47 heavy (non-hydrogen) atoms. The molecule has 3 aromatic carbocycles. The van der Waals surface area contributed by atoms with Crippen LogP contribution in [0.15, 0.2) is 60.7 Å². The number of nitrogens with one attached hydrogen (secondary N) is 1. The van der Waals surface area contributed by atoms with Gasteiger partial charge in [-0.05, 0) is 48.2 Å². The van der Waals surface area contributed by atoms with Crippen LogP contribution in [0.25, 0.3) is 11.1 Å². The van der Waals surface area contributed by atoms with Crippen LogP contribution in [-0.4, -0.2) is 80.0 Å². The highest BCUT2D eigenvalue weighted by molar-refractivity contribution is 6.33. The number of amides is 2. The van der Waals surface area contributed by atoms with E-state index in [1.165, 1.54) is 19.2 Å². The molecular weight excluding hydrogens is 646 g/mol. The minimum Gasteiger partial charge on any atom is -0.488 e. The van der Waals surface area contributed by atoms with Crippen molar-refractivity contribution in [2.24, 2.45) is 5.73 Å². The van der Waals surface area contributed by atoms with Crippen molar-refractivity contribution in [3.63, 3.8) is 0 Å². The smallest absolute Gasteiger partial charge is 0.488 e. The predicted molar refractivity (Wildman–Crippen MR) is 168 cm³/mol. The Kier molecular flexibility index (Phi) is 13.6. The van der Waals surface area contributed by atoms with Gasteiger partial charge in [0, 0.05) is 61.8 Å². The zero-order valence-corrected chi connectivity index (χ0v) is 26.5. The molecule has 0 aromatic heterocycles. The van der Waals surface area contributed by atoms with E-state index in [1.807, 2.05) is 47.4 Å². The summed E-state index contributed by atoms with van der Waals surface area (Å²) in [5.74, 6) is -4.29. The molecule has 1 aliphatic heterocycles. The van der Waals surface area contributed by atoms with Crippen molar-refractivity contribution in [1.82, 2.24) is 10.2 Å². The van der Waals surface area contributed by atoms with Crippen LogP contribution in [0.5, 0.6) is 5.75 Å². The first-order chi connectivity index (χ1) is 22.2. The van der Waals surface area contributed by atoms with Crippen LogP contribution in [0.3, 0.4) is 0 Å². The summed E-state index contributed by atoms with van der Waals surface area (Å²) in [5, 5.41) is 11.1. The van der Waals surface area contributed by atoms with E-state index in [0.29, 0.717) is 18.7 Å². The van der Waals surface area contributed by atoms with Gasteiger partial charge in [0.2, 0.25) is 11.8 Å². The third kappa shape index (κ3) is 10.4. The normalized spacial score (nSPS) is 15.3. The second-order valence-electron chi connectivity index (χ2n) is 10.7. The molecule has 0 aliphatic carbocycles. The third-order valence-electron chi connectivity index (χ3n) is 7.50. The van der Waals surface area contributed by atoms with Gasteiger partial charge in [0.05, 0.1) is 12.2 Å². The molecule has 1 saturated heterocycles. The van der Waals surface area contributed by atoms with Crippen molar-refractivity contribution < 1.29 is 46.5 Å². The molecule has 1 aliphatic rings. The van der Waals surface area contributed by atoms with Crippen LogP contribution in [-0.2, 0) is 14.3 Å². The molecule has 4 rings (SSSR count). The van der Waals surface area contributed by atoms with Gasteiger partial charge in [0.25, 0.3) is 0 Å². The number of carbonyl (C=O) groups excluding carboxylic acids is 2. The highest BCUT2D eigenvalue weighted by Gasteiger charge is 2.38. The van der Waals surface area contributed by atoms with E-state index in [-0.39, 0.29) is 53.0 Å². The quantitative estimate of drug-likeness (QED) is 0.177. The average molecular weight is 682 g/mol. The number of carboxylic acid groups (broad SMARTS) is 1. The fourth-order valence-electron chi connectivity index (χ4n) is 5.15. The molecular formula is C33H36ClF4N3O6. The molecule has 1 heterocycles. The Bertz CT molecular complexity index is 1540. The van der Waals surface area contributed by atoms with Gasteiger partial charge in [0.1, 0.15) is 6.61 Å². The average Bonchev–Trinajstić information content (AvgIpc) is 3.03. The SMILES string of the molecule is COCCOc1ccc(C(N)=O)c(-c2cc(C(CN[C@@H]3CCCN(C(C)=O)C3)c3ccccc3)ccc2Cl)c1F.O=C(O)C(F)(F)F. The molecule has 2 atom stereocenters. The minimum absolute atomic E-state index is 0.00146. The summed E-state index contributed by atoms with van der Waals surface area (Å²) < 4.78 is 58.2. The van der Waals surface area contributed by atoms with E-state index in [2.05, 4.69) is 5.32 Å². The van der Waals surface area contributed by atoms with Gasteiger partial charge < -0.3 is 30.5 Å². The molecule has 1 unspecified atom stereocenters. The molecule has 4 N–H and O–H groups in total. The predicted octanol–water partition coefficient (Wildman–Crippen LogP) is 5.64. The Labute approximate surface area is 274 Å². The number of hydrogen-bond acceptors (Lipinski definition) is 6. The Balaban J connectivity index is 0.000000771. The maximum atomic E-state index is 15.9. The van der Waals surface area contributed by atoms with E-state index in [1.54, 1.807) is 13.0 Å². The third-order valence-corrected chi connectivity index (χ3v) is 7.83. The van der Waals surface area contributed by atoms with E-state index in [9.17, 15) is 22.8 Å². The molecule has 9 nitrogen and oxygen atoms in total. The van der Waals surface area contributed by atoms with Crippen molar-refractivity contribution in [1.29, 1.82) is 0 Å². The molecule has 0 bridgehead atoms. The van der Waals surface area contributed by atoms with Crippen molar-refractivity contribution >= 4 is 29.4 Å². The molecule has 0 spiro atoms. The highest BCUT2D eigenvalue weighted by Crippen LogP contribution is 2.39. The van der Waals surface area contributed by atoms with Crippen molar-refractivity contribution in [2.75, 3.05) is 40.0 Å². The number of nitrogens with two attached hydrogens (primary N) is 1. The van der Waals surface area contributed by atoms with Crippen molar-refractivity contribution in [3.05, 3.63) is 88.2 Å². The fraction of sp³-hybridized carbons (Fsp3) is 0.364. The van der Waals surface area contributed by atoms with Gasteiger partial charge in [-0.15, -0.1) is 0 Å². The van der Waals surface area contributed by atoms with Gasteiger partial charge in [0.15, 0.2) is 11.6 Å². The Morgan fingerprint density at radius 1 is 1.09 bits per heavy atom. The van der Waals surface area contributed by atoms with Crippen molar-refractivity contribution in [2.45, 2.75) is 37.9 Å². The Morgan fingerprint density at radius 3 is 2.36 bits per heavy atom. The first-order valence-corrected chi connectivity index (χ1v) is 15.0. The first-order valence-electron chi connectivity index (χ1n) is 14.6. The molecule has 0 radical (unpaired) electrons. The van der Waals surface area contributed by atoms with Crippen molar-refractivity contribution in [3.8, 4) is 16.9 Å². The number of hydrogen-bond donors (Lipinski definition) is 3. The lowest BCUT2D eigenvalue weighted by Crippen LogP contribution is -2.48. The summed E-state index contributed by atoms with van der Waals surface area (Å²) in [5.41, 5.74) is 7.96. The number of benzene rings is 3. The second-order valence-corrected chi connectivity index (χ2v) is 11.1. The zero-order chi connectivity index (χ0) is 34.7. The molecule has 2 amide bonds. The summed E-state index contributed by atoms with van der Waals surface area (Å²) >= 11 is 6.62. The summed E-state index contributed by atoms with van der Waals surface area (Å²) in [4.78, 5) is 35.0. The molecule has 3 aromatic rings. The molecule has 1 fully saturated rings. The maximum absolute atomic E-state index is 15.9. The van der Waals surface area contributed by atoms with Crippen LogP contribution in [0.2, 0.25) is 5.02 Å². The number of likely N-dealkylation sites (tertiary alicyclic amines) is 1. The Hall–Kier alpha value is -4.20. The molecule has 14 heteroatoms. The highest BCUT2D eigenvalue weighted by atomic mass is 35.5. The number of piperidine rings is 1. The molecule has 0 saturated carbocycles. The topological polar surface area (TPSA) is 131 Å². The molecule has 254 valence electrons. The van der Waals surface area contributed by atoms with Crippen LogP contribution in [0, 0.1) is 5.82 Å². The van der Waals surface area contributed by atoms with Crippen LogP contribution in [0.4, 0.5) is 17.6 Å². The standard InChI is InChI=1S/C31H35ClFN3O4.C2HF3O2/c1-20(37)36-14-6-9-23(19-36)35-18-26(21-7-4-3-5-8-21)22-10-12-27(32)25(17-22)29-24(31(34)38)11-13-28(30(29)33)40-16-15-39-2;3-2(4,5)1(6)7/h3-5,7-8,10-13,17,23,26,35H,6,9,14-16,18-19H2,1-2H3,(H2,34,38);(H,6,7)/t23-,26?;/m1./s1. The minimum atomic E-state index is -5.08. The van der Waals surface area contributed by atoms with Gasteiger partial charge >= 0.3 is 12.1 Å². The number of carboxylic acids is 1. The van der Waals surface area contributed by atoms with Crippen LogP contribution in [0.1, 0.15) is 47.2 Å².